The topological polar surface area (TPSA) is 69.7 Å². The van der Waals surface area contributed by atoms with Gasteiger partial charge in [-0.1, -0.05) is 59.6 Å². The van der Waals surface area contributed by atoms with E-state index in [1.165, 1.54) is 15.9 Å². The maximum absolute atomic E-state index is 12.9. The van der Waals surface area contributed by atoms with Gasteiger partial charge in [0.2, 0.25) is 10.0 Å². The summed E-state index contributed by atoms with van der Waals surface area (Å²) in [5.74, 6) is 0. The zero-order chi connectivity index (χ0) is 21.4. The van der Waals surface area contributed by atoms with Gasteiger partial charge in [0.05, 0.1) is 10.0 Å². The summed E-state index contributed by atoms with van der Waals surface area (Å²) < 4.78 is 27.2. The highest BCUT2D eigenvalue weighted by atomic mass is 35.5. The highest BCUT2D eigenvalue weighted by Gasteiger charge is 2.44. The van der Waals surface area contributed by atoms with Crippen LogP contribution in [0.2, 0.25) is 10.0 Å². The first-order valence-corrected chi connectivity index (χ1v) is 12.1. The molecule has 160 valence electrons. The van der Waals surface area contributed by atoms with Gasteiger partial charge >= 0.3 is 6.03 Å². The number of nitrogens with zero attached hydrogens (tertiary/aromatic N) is 2. The standard InChI is InChI=1S/C21H23Cl2N3O3S/c22-17-7-4-8-18(19(17)23)30(28,29)26-13-11-25(12-14-26)20(27)24-15-21(9-10-21)16-5-2-1-3-6-16/h1-8H,9-15H2,(H,24,27). The zero-order valence-corrected chi connectivity index (χ0v) is 18.7. The van der Waals surface area contributed by atoms with E-state index in [0.717, 1.165) is 12.8 Å². The van der Waals surface area contributed by atoms with Crippen LogP contribution in [0.1, 0.15) is 18.4 Å². The van der Waals surface area contributed by atoms with Crippen molar-refractivity contribution >= 4 is 39.3 Å². The van der Waals surface area contributed by atoms with Crippen LogP contribution in [0.25, 0.3) is 0 Å². The number of piperazine rings is 1. The van der Waals surface area contributed by atoms with Crippen LogP contribution in [0.15, 0.2) is 53.4 Å². The highest BCUT2D eigenvalue weighted by Crippen LogP contribution is 2.47. The van der Waals surface area contributed by atoms with Crippen molar-refractivity contribution in [2.45, 2.75) is 23.2 Å². The molecular weight excluding hydrogens is 445 g/mol. The Morgan fingerprint density at radius 2 is 1.63 bits per heavy atom. The maximum atomic E-state index is 12.9. The average molecular weight is 468 g/mol. The van der Waals surface area contributed by atoms with E-state index >= 15 is 0 Å². The second-order valence-corrected chi connectivity index (χ2v) is 10.4. The summed E-state index contributed by atoms with van der Waals surface area (Å²) in [6.07, 6.45) is 2.12. The lowest BCUT2D eigenvalue weighted by Gasteiger charge is -2.34. The number of hydrogen-bond acceptors (Lipinski definition) is 3. The first-order chi connectivity index (χ1) is 14.3. The Morgan fingerprint density at radius 1 is 0.967 bits per heavy atom. The highest BCUT2D eigenvalue weighted by molar-refractivity contribution is 7.89. The smallest absolute Gasteiger partial charge is 0.317 e. The molecule has 1 saturated heterocycles. The second kappa shape index (κ2) is 8.38. The van der Waals surface area contributed by atoms with E-state index in [-0.39, 0.29) is 39.5 Å². The normalized spacial score (nSPS) is 18.8. The van der Waals surface area contributed by atoms with Crippen molar-refractivity contribution in [1.29, 1.82) is 0 Å². The average Bonchev–Trinajstić information content (AvgIpc) is 3.56. The van der Waals surface area contributed by atoms with Crippen LogP contribution < -0.4 is 5.32 Å². The van der Waals surface area contributed by atoms with E-state index in [1.54, 1.807) is 17.0 Å². The van der Waals surface area contributed by atoms with Crippen LogP contribution in [0.3, 0.4) is 0 Å². The number of benzene rings is 2. The fourth-order valence-electron chi connectivity index (χ4n) is 3.82. The summed E-state index contributed by atoms with van der Waals surface area (Å²) in [6.45, 7) is 1.65. The molecule has 1 N–H and O–H groups in total. The van der Waals surface area contributed by atoms with Crippen molar-refractivity contribution in [1.82, 2.24) is 14.5 Å². The quantitative estimate of drug-likeness (QED) is 0.727. The van der Waals surface area contributed by atoms with Crippen molar-refractivity contribution in [2.24, 2.45) is 0 Å². The molecule has 2 aromatic rings. The minimum absolute atomic E-state index is 0.00638. The van der Waals surface area contributed by atoms with Crippen molar-refractivity contribution in [3.05, 3.63) is 64.1 Å². The van der Waals surface area contributed by atoms with Crippen molar-refractivity contribution in [2.75, 3.05) is 32.7 Å². The van der Waals surface area contributed by atoms with E-state index in [9.17, 15) is 13.2 Å². The zero-order valence-electron chi connectivity index (χ0n) is 16.4. The third kappa shape index (κ3) is 4.17. The van der Waals surface area contributed by atoms with E-state index in [1.807, 2.05) is 18.2 Å². The van der Waals surface area contributed by atoms with Gasteiger partial charge in [0.15, 0.2) is 0 Å². The molecule has 2 fully saturated rings. The van der Waals surface area contributed by atoms with Crippen LogP contribution >= 0.6 is 23.2 Å². The van der Waals surface area contributed by atoms with E-state index in [4.69, 9.17) is 23.2 Å². The summed E-state index contributed by atoms with van der Waals surface area (Å²) in [5.41, 5.74) is 1.28. The maximum Gasteiger partial charge on any atom is 0.317 e. The lowest BCUT2D eigenvalue weighted by Crippen LogP contribution is -2.53. The molecule has 1 saturated carbocycles. The van der Waals surface area contributed by atoms with Gasteiger partial charge in [-0.15, -0.1) is 0 Å². The first-order valence-electron chi connectivity index (χ1n) is 9.86. The SMILES string of the molecule is O=C(NCC1(c2ccccc2)CC1)N1CCN(S(=O)(=O)c2cccc(Cl)c2Cl)CC1. The predicted octanol–water partition coefficient (Wildman–Crippen LogP) is 3.74. The first kappa shape index (κ1) is 21.4. The minimum Gasteiger partial charge on any atom is -0.337 e. The number of rotatable bonds is 5. The van der Waals surface area contributed by atoms with Crippen LogP contribution in [0.4, 0.5) is 4.79 Å². The van der Waals surface area contributed by atoms with Gasteiger partial charge in [0.25, 0.3) is 0 Å². The van der Waals surface area contributed by atoms with E-state index in [2.05, 4.69) is 17.4 Å². The van der Waals surface area contributed by atoms with Gasteiger partial charge in [-0.25, -0.2) is 13.2 Å². The number of hydrogen-bond donors (Lipinski definition) is 1. The lowest BCUT2D eigenvalue weighted by atomic mass is 9.96. The summed E-state index contributed by atoms with van der Waals surface area (Å²) >= 11 is 12.1. The van der Waals surface area contributed by atoms with Gasteiger partial charge in [-0.05, 0) is 30.5 Å². The molecule has 4 rings (SSSR count). The van der Waals surface area contributed by atoms with Crippen LogP contribution in [0.5, 0.6) is 0 Å². The number of urea groups is 1. The molecule has 9 heteroatoms. The molecule has 30 heavy (non-hydrogen) atoms. The molecule has 0 unspecified atom stereocenters. The third-order valence-corrected chi connectivity index (χ3v) is 8.75. The molecule has 2 aromatic carbocycles. The Labute approximate surface area is 186 Å². The molecule has 0 radical (unpaired) electrons. The molecule has 1 aliphatic heterocycles. The molecule has 1 aliphatic carbocycles. The molecule has 0 bridgehead atoms. The number of amides is 2. The fourth-order valence-corrected chi connectivity index (χ4v) is 5.98. The number of carbonyl (C=O) groups excluding carboxylic acids is 1. The Kier molecular flexibility index (Phi) is 5.99. The van der Waals surface area contributed by atoms with Crippen molar-refractivity contribution in [3.63, 3.8) is 0 Å². The number of halogens is 2. The summed E-state index contributed by atoms with van der Waals surface area (Å²) in [4.78, 5) is 14.3. The van der Waals surface area contributed by atoms with Gasteiger partial charge in [-0.3, -0.25) is 0 Å². The summed E-state index contributed by atoms with van der Waals surface area (Å²) in [7, 11) is -3.77. The van der Waals surface area contributed by atoms with Crippen molar-refractivity contribution < 1.29 is 13.2 Å². The molecule has 0 atom stereocenters. The second-order valence-electron chi connectivity index (χ2n) is 7.75. The summed E-state index contributed by atoms with van der Waals surface area (Å²) in [5, 5.41) is 3.26. The van der Waals surface area contributed by atoms with E-state index in [0.29, 0.717) is 19.6 Å². The number of sulfonamides is 1. The van der Waals surface area contributed by atoms with Gasteiger partial charge < -0.3 is 10.2 Å². The molecule has 2 amide bonds. The minimum atomic E-state index is -3.77. The monoisotopic (exact) mass is 467 g/mol. The Bertz CT molecular complexity index is 1030. The largest absolute Gasteiger partial charge is 0.337 e. The van der Waals surface area contributed by atoms with Crippen LogP contribution in [0, 0.1) is 0 Å². The van der Waals surface area contributed by atoms with Gasteiger partial charge in [-0.2, -0.15) is 4.31 Å². The van der Waals surface area contributed by atoms with Gasteiger partial charge in [0, 0.05) is 38.1 Å². The van der Waals surface area contributed by atoms with Crippen LogP contribution in [-0.2, 0) is 15.4 Å². The molecule has 6 nitrogen and oxygen atoms in total. The molecule has 2 aliphatic rings. The van der Waals surface area contributed by atoms with E-state index < -0.39 is 10.0 Å². The Morgan fingerprint density at radius 3 is 2.27 bits per heavy atom. The van der Waals surface area contributed by atoms with Crippen LogP contribution in [-0.4, -0.2) is 56.4 Å². The molecular formula is C21H23Cl2N3O3S. The number of carbonyl (C=O) groups is 1. The predicted molar refractivity (Wildman–Crippen MR) is 118 cm³/mol. The Balaban J connectivity index is 1.34. The third-order valence-electron chi connectivity index (χ3n) is 5.88. The lowest BCUT2D eigenvalue weighted by molar-refractivity contribution is 0.171. The molecule has 0 spiro atoms. The van der Waals surface area contributed by atoms with Gasteiger partial charge in [0.1, 0.15) is 4.90 Å². The number of nitrogens with one attached hydrogen (secondary N) is 1. The fraction of sp³-hybridized carbons (Fsp3) is 0.381. The summed E-state index contributed by atoms with van der Waals surface area (Å²) in [6, 6.07) is 14.6. The Hall–Kier alpha value is -1.80. The molecule has 1 heterocycles. The molecule has 0 aromatic heterocycles. The van der Waals surface area contributed by atoms with Crippen molar-refractivity contribution in [3.8, 4) is 0 Å².